The normalized spacial score (nSPS) is 18.8. The van der Waals surface area contributed by atoms with Crippen molar-refractivity contribution >= 4 is 11.3 Å². The molecule has 1 fully saturated rings. The van der Waals surface area contributed by atoms with E-state index in [1.807, 2.05) is 41.0 Å². The number of pyridine rings is 1. The van der Waals surface area contributed by atoms with Gasteiger partial charge in [0.05, 0.1) is 24.8 Å². The maximum Gasteiger partial charge on any atom is 0.182 e. The van der Waals surface area contributed by atoms with Crippen LogP contribution in [0.5, 0.6) is 0 Å². The zero-order valence-corrected chi connectivity index (χ0v) is 12.4. The minimum Gasteiger partial charge on any atom is -0.377 e. The van der Waals surface area contributed by atoms with Crippen LogP contribution in [0, 0.1) is 0 Å². The second-order valence-electron chi connectivity index (χ2n) is 5.46. The van der Waals surface area contributed by atoms with Gasteiger partial charge in [-0.05, 0) is 31.2 Å². The van der Waals surface area contributed by atoms with E-state index in [2.05, 4.69) is 21.9 Å². The lowest BCUT2D eigenvalue weighted by molar-refractivity contribution is 0.0985. The lowest BCUT2D eigenvalue weighted by atomic mass is 10.2. The van der Waals surface area contributed by atoms with Gasteiger partial charge in [-0.3, -0.25) is 0 Å². The van der Waals surface area contributed by atoms with Crippen LogP contribution in [0.1, 0.15) is 6.92 Å². The van der Waals surface area contributed by atoms with Gasteiger partial charge in [-0.1, -0.05) is 6.07 Å². The summed E-state index contributed by atoms with van der Waals surface area (Å²) in [4.78, 5) is 11.3. The maximum atomic E-state index is 5.49. The minimum atomic E-state index is 0.317. The van der Waals surface area contributed by atoms with Gasteiger partial charge < -0.3 is 9.64 Å². The molecule has 0 aliphatic carbocycles. The SMILES string of the molecule is CC1COCCN1c1ccnc(-c2cc3ccccn3n2)n1. The fourth-order valence-corrected chi connectivity index (χ4v) is 2.75. The van der Waals surface area contributed by atoms with E-state index in [0.717, 1.165) is 36.8 Å². The monoisotopic (exact) mass is 295 g/mol. The van der Waals surface area contributed by atoms with Crippen molar-refractivity contribution in [3.8, 4) is 11.5 Å². The van der Waals surface area contributed by atoms with Crippen LogP contribution in [-0.4, -0.2) is 45.4 Å². The van der Waals surface area contributed by atoms with Gasteiger partial charge in [0.25, 0.3) is 0 Å². The Bertz CT molecular complexity index is 767. The molecule has 3 aromatic rings. The molecular formula is C16H17N5O. The number of hydrogen-bond acceptors (Lipinski definition) is 5. The van der Waals surface area contributed by atoms with Gasteiger partial charge in [-0.15, -0.1) is 0 Å². The van der Waals surface area contributed by atoms with Gasteiger partial charge in [0.2, 0.25) is 0 Å². The van der Waals surface area contributed by atoms with Gasteiger partial charge in [-0.2, -0.15) is 5.10 Å². The third-order valence-electron chi connectivity index (χ3n) is 3.90. The summed E-state index contributed by atoms with van der Waals surface area (Å²) in [5, 5.41) is 4.54. The van der Waals surface area contributed by atoms with Crippen LogP contribution < -0.4 is 4.90 Å². The van der Waals surface area contributed by atoms with Gasteiger partial charge in [0.1, 0.15) is 11.5 Å². The Hall–Kier alpha value is -2.47. The van der Waals surface area contributed by atoms with Crippen LogP contribution in [0.15, 0.2) is 42.7 Å². The quantitative estimate of drug-likeness (QED) is 0.724. The van der Waals surface area contributed by atoms with Crippen molar-refractivity contribution in [2.75, 3.05) is 24.7 Å². The van der Waals surface area contributed by atoms with E-state index in [4.69, 9.17) is 9.72 Å². The lowest BCUT2D eigenvalue weighted by Gasteiger charge is -2.34. The molecule has 0 amide bonds. The molecule has 6 heteroatoms. The summed E-state index contributed by atoms with van der Waals surface area (Å²) in [5.41, 5.74) is 1.82. The third kappa shape index (κ3) is 2.31. The molecule has 22 heavy (non-hydrogen) atoms. The highest BCUT2D eigenvalue weighted by molar-refractivity contribution is 5.61. The van der Waals surface area contributed by atoms with Crippen molar-refractivity contribution in [2.45, 2.75) is 13.0 Å². The highest BCUT2D eigenvalue weighted by atomic mass is 16.5. The van der Waals surface area contributed by atoms with Crippen molar-refractivity contribution < 1.29 is 4.74 Å². The summed E-state index contributed by atoms with van der Waals surface area (Å²) in [6.07, 6.45) is 3.72. The van der Waals surface area contributed by atoms with E-state index in [9.17, 15) is 0 Å². The molecule has 0 N–H and O–H groups in total. The molecule has 1 aliphatic rings. The van der Waals surface area contributed by atoms with Crippen molar-refractivity contribution in [3.63, 3.8) is 0 Å². The Morgan fingerprint density at radius 1 is 1.27 bits per heavy atom. The van der Waals surface area contributed by atoms with Crippen LogP contribution >= 0.6 is 0 Å². The number of nitrogens with zero attached hydrogens (tertiary/aromatic N) is 5. The Kier molecular flexibility index (Phi) is 3.23. The molecule has 0 spiro atoms. The summed E-state index contributed by atoms with van der Waals surface area (Å²) in [6.45, 7) is 4.46. The van der Waals surface area contributed by atoms with Crippen LogP contribution in [0.3, 0.4) is 0 Å². The molecule has 1 aliphatic heterocycles. The highest BCUT2D eigenvalue weighted by Crippen LogP contribution is 2.21. The molecule has 0 saturated carbocycles. The molecule has 1 saturated heterocycles. The van der Waals surface area contributed by atoms with E-state index in [1.54, 1.807) is 6.20 Å². The van der Waals surface area contributed by atoms with Gasteiger partial charge >= 0.3 is 0 Å². The summed E-state index contributed by atoms with van der Waals surface area (Å²) < 4.78 is 7.32. The predicted molar refractivity (Wildman–Crippen MR) is 83.8 cm³/mol. The molecule has 0 radical (unpaired) electrons. The molecule has 4 heterocycles. The fourth-order valence-electron chi connectivity index (χ4n) is 2.75. The number of hydrogen-bond donors (Lipinski definition) is 0. The van der Waals surface area contributed by atoms with Crippen LogP contribution in [-0.2, 0) is 4.74 Å². The van der Waals surface area contributed by atoms with E-state index >= 15 is 0 Å². The Morgan fingerprint density at radius 2 is 2.23 bits per heavy atom. The van der Waals surface area contributed by atoms with E-state index in [-0.39, 0.29) is 0 Å². The van der Waals surface area contributed by atoms with E-state index in [1.165, 1.54) is 0 Å². The molecule has 0 aromatic carbocycles. The number of rotatable bonds is 2. The molecule has 6 nitrogen and oxygen atoms in total. The zero-order valence-electron chi connectivity index (χ0n) is 12.4. The van der Waals surface area contributed by atoms with Crippen molar-refractivity contribution in [1.82, 2.24) is 19.6 Å². The molecule has 0 bridgehead atoms. The second kappa shape index (κ2) is 5.38. The molecular weight excluding hydrogens is 278 g/mol. The number of fused-ring (bicyclic) bond motifs is 1. The first-order chi connectivity index (χ1) is 10.8. The van der Waals surface area contributed by atoms with E-state index < -0.39 is 0 Å². The highest BCUT2D eigenvalue weighted by Gasteiger charge is 2.21. The standard InChI is InChI=1S/C16H17N5O/c1-12-11-22-9-8-20(12)15-5-6-17-16(18-15)14-10-13-4-2-3-7-21(13)19-14/h2-7,10,12H,8-9,11H2,1H3. The number of aromatic nitrogens is 4. The molecule has 1 atom stereocenters. The number of anilines is 1. The molecule has 4 rings (SSSR count). The predicted octanol–water partition coefficient (Wildman–Crippen LogP) is 2.02. The smallest absolute Gasteiger partial charge is 0.182 e. The zero-order chi connectivity index (χ0) is 14.9. The van der Waals surface area contributed by atoms with Crippen LogP contribution in [0.4, 0.5) is 5.82 Å². The van der Waals surface area contributed by atoms with Gasteiger partial charge in [0, 0.05) is 18.9 Å². The van der Waals surface area contributed by atoms with Crippen molar-refractivity contribution in [2.24, 2.45) is 0 Å². The minimum absolute atomic E-state index is 0.317. The average molecular weight is 295 g/mol. The molecule has 1 unspecified atom stereocenters. The average Bonchev–Trinajstić information content (AvgIpc) is 2.99. The fraction of sp³-hybridized carbons (Fsp3) is 0.312. The first-order valence-electron chi connectivity index (χ1n) is 7.43. The second-order valence-corrected chi connectivity index (χ2v) is 5.46. The van der Waals surface area contributed by atoms with Gasteiger partial charge in [-0.25, -0.2) is 14.5 Å². The molecule has 3 aromatic heterocycles. The summed E-state index contributed by atoms with van der Waals surface area (Å²) >= 11 is 0. The number of ether oxygens (including phenoxy) is 1. The summed E-state index contributed by atoms with van der Waals surface area (Å²) in [5.74, 6) is 1.58. The third-order valence-corrected chi connectivity index (χ3v) is 3.90. The Morgan fingerprint density at radius 3 is 3.09 bits per heavy atom. The van der Waals surface area contributed by atoms with Crippen molar-refractivity contribution in [1.29, 1.82) is 0 Å². The topological polar surface area (TPSA) is 55.5 Å². The maximum absolute atomic E-state index is 5.49. The Labute approximate surface area is 128 Å². The molecule has 112 valence electrons. The summed E-state index contributed by atoms with van der Waals surface area (Å²) in [7, 11) is 0. The van der Waals surface area contributed by atoms with Crippen LogP contribution in [0.25, 0.3) is 17.0 Å². The van der Waals surface area contributed by atoms with Gasteiger partial charge in [0.15, 0.2) is 5.82 Å². The lowest BCUT2D eigenvalue weighted by Crippen LogP contribution is -2.44. The van der Waals surface area contributed by atoms with E-state index in [0.29, 0.717) is 11.9 Å². The van der Waals surface area contributed by atoms with Crippen LogP contribution in [0.2, 0.25) is 0 Å². The first-order valence-corrected chi connectivity index (χ1v) is 7.43. The number of morpholine rings is 1. The largest absolute Gasteiger partial charge is 0.377 e. The summed E-state index contributed by atoms with van der Waals surface area (Å²) in [6, 6.07) is 10.2. The Balaban J connectivity index is 1.71. The van der Waals surface area contributed by atoms with Crippen molar-refractivity contribution in [3.05, 3.63) is 42.7 Å². The first kappa shape index (κ1) is 13.2.